The molecule has 4 aromatic heterocycles. The summed E-state index contributed by atoms with van der Waals surface area (Å²) in [4.78, 5) is 16.5. The summed E-state index contributed by atoms with van der Waals surface area (Å²) in [6.07, 6.45) is 4.72. The molecule has 0 spiro atoms. The number of nitrogens with two attached hydrogens (primary N) is 1. The van der Waals surface area contributed by atoms with E-state index < -0.39 is 5.82 Å². The lowest BCUT2D eigenvalue weighted by Crippen LogP contribution is -1.90. The van der Waals surface area contributed by atoms with Crippen LogP contribution in [0, 0.1) is 11.6 Å². The Balaban J connectivity index is 1.52. The first-order valence-corrected chi connectivity index (χ1v) is 10.1. The van der Waals surface area contributed by atoms with E-state index in [9.17, 15) is 8.78 Å². The molecule has 0 atom stereocenters. The summed E-state index contributed by atoms with van der Waals surface area (Å²) >= 11 is 0. The number of benzene rings is 2. The van der Waals surface area contributed by atoms with Gasteiger partial charge in [-0.2, -0.15) is 5.10 Å². The van der Waals surface area contributed by atoms with Gasteiger partial charge < -0.3 is 10.7 Å². The van der Waals surface area contributed by atoms with Gasteiger partial charge in [0.2, 0.25) is 0 Å². The van der Waals surface area contributed by atoms with Crippen LogP contribution in [-0.2, 0) is 0 Å². The van der Waals surface area contributed by atoms with E-state index in [-0.39, 0.29) is 5.82 Å². The fourth-order valence-electron chi connectivity index (χ4n) is 3.91. The van der Waals surface area contributed by atoms with Crippen molar-refractivity contribution in [3.05, 3.63) is 78.8 Å². The Morgan fingerprint density at radius 2 is 1.70 bits per heavy atom. The molecule has 4 heterocycles. The molecule has 0 bridgehead atoms. The van der Waals surface area contributed by atoms with Crippen molar-refractivity contribution in [3.63, 3.8) is 0 Å². The molecule has 0 saturated carbocycles. The first-order chi connectivity index (χ1) is 16.1. The minimum absolute atomic E-state index is 0.324. The van der Waals surface area contributed by atoms with Gasteiger partial charge in [-0.05, 0) is 42.5 Å². The Kier molecular flexibility index (Phi) is 4.16. The molecule has 7 nitrogen and oxygen atoms in total. The number of hydrogen-bond donors (Lipinski definition) is 3. The van der Waals surface area contributed by atoms with Crippen molar-refractivity contribution in [3.8, 4) is 33.9 Å². The molecule has 4 N–H and O–H groups in total. The van der Waals surface area contributed by atoms with E-state index in [1.165, 1.54) is 24.4 Å². The van der Waals surface area contributed by atoms with Crippen molar-refractivity contribution in [2.75, 3.05) is 5.73 Å². The number of nitrogen functional groups attached to an aromatic ring is 1. The molecule has 0 amide bonds. The molecule has 0 fully saturated rings. The number of aromatic amines is 2. The Morgan fingerprint density at radius 1 is 0.848 bits per heavy atom. The predicted molar refractivity (Wildman–Crippen MR) is 122 cm³/mol. The van der Waals surface area contributed by atoms with Gasteiger partial charge >= 0.3 is 0 Å². The van der Waals surface area contributed by atoms with Gasteiger partial charge in [-0.25, -0.2) is 13.8 Å². The fraction of sp³-hybridized carbons (Fsp3) is 0. The Hall–Kier alpha value is -4.66. The predicted octanol–water partition coefficient (Wildman–Crippen LogP) is 5.09. The first-order valence-electron chi connectivity index (χ1n) is 10.1. The summed E-state index contributed by atoms with van der Waals surface area (Å²) in [7, 11) is 0. The highest BCUT2D eigenvalue weighted by Crippen LogP contribution is 2.34. The van der Waals surface area contributed by atoms with Gasteiger partial charge in [0, 0.05) is 46.7 Å². The van der Waals surface area contributed by atoms with Gasteiger partial charge in [-0.3, -0.25) is 15.1 Å². The number of anilines is 1. The highest BCUT2D eigenvalue weighted by atomic mass is 19.1. The lowest BCUT2D eigenvalue weighted by Gasteiger charge is -2.05. The van der Waals surface area contributed by atoms with Crippen molar-refractivity contribution < 1.29 is 8.78 Å². The zero-order valence-electron chi connectivity index (χ0n) is 17.0. The highest BCUT2D eigenvalue weighted by Gasteiger charge is 2.18. The minimum Gasteiger partial charge on any atom is -0.397 e. The zero-order chi connectivity index (χ0) is 22.5. The summed E-state index contributed by atoms with van der Waals surface area (Å²) < 4.78 is 28.2. The number of hydrogen-bond acceptors (Lipinski definition) is 5. The molecule has 0 saturated heterocycles. The molecule has 0 aliphatic heterocycles. The molecule has 0 unspecified atom stereocenters. The maximum atomic E-state index is 14.8. The quantitative estimate of drug-likeness (QED) is 0.356. The lowest BCUT2D eigenvalue weighted by molar-refractivity contribution is 0.628. The number of aromatic nitrogens is 6. The van der Waals surface area contributed by atoms with E-state index >= 15 is 0 Å². The van der Waals surface area contributed by atoms with Crippen LogP contribution < -0.4 is 5.73 Å². The third-order valence-corrected chi connectivity index (χ3v) is 5.46. The molecule has 9 heteroatoms. The normalized spacial score (nSPS) is 11.5. The molecule has 0 aliphatic carbocycles. The van der Waals surface area contributed by atoms with Gasteiger partial charge in [-0.1, -0.05) is 0 Å². The molecular weight excluding hydrogens is 424 g/mol. The molecule has 33 heavy (non-hydrogen) atoms. The number of halogens is 2. The number of nitrogens with one attached hydrogen (secondary N) is 2. The smallest absolute Gasteiger partial charge is 0.159 e. The van der Waals surface area contributed by atoms with Crippen molar-refractivity contribution >= 4 is 27.6 Å². The van der Waals surface area contributed by atoms with E-state index in [0.717, 1.165) is 11.1 Å². The molecule has 0 radical (unpaired) electrons. The number of nitrogens with zero attached hydrogens (tertiary/aromatic N) is 4. The van der Waals surface area contributed by atoms with Crippen molar-refractivity contribution in [2.45, 2.75) is 0 Å². The summed E-state index contributed by atoms with van der Waals surface area (Å²) in [5, 5.41) is 7.92. The number of rotatable bonds is 3. The molecule has 160 valence electrons. The molecule has 2 aromatic carbocycles. The van der Waals surface area contributed by atoms with Crippen LogP contribution in [0.25, 0.3) is 55.8 Å². The minimum atomic E-state index is -0.419. The van der Waals surface area contributed by atoms with E-state index in [1.807, 2.05) is 0 Å². The Labute approximate surface area is 185 Å². The largest absolute Gasteiger partial charge is 0.397 e. The van der Waals surface area contributed by atoms with Crippen LogP contribution in [0.1, 0.15) is 0 Å². The number of H-pyrrole nitrogens is 2. The van der Waals surface area contributed by atoms with Crippen LogP contribution >= 0.6 is 0 Å². The highest BCUT2D eigenvalue weighted by molar-refractivity contribution is 5.97. The van der Waals surface area contributed by atoms with E-state index in [1.54, 1.807) is 42.7 Å². The van der Waals surface area contributed by atoms with E-state index in [2.05, 4.69) is 25.1 Å². The van der Waals surface area contributed by atoms with Crippen LogP contribution in [-0.4, -0.2) is 30.1 Å². The number of fused-ring (bicyclic) bond motifs is 2. The standard InChI is InChI=1S/C24H15F2N7/c25-14-3-1-12(2-4-14)21-23-19(5-6-29-21)30-24(31-23)22-17-8-16(13-7-15(27)11-28-10-13)18(26)9-20(17)32-33-22/h1-11H,27H2,(H,30,31)(H,32,33). The van der Waals surface area contributed by atoms with Gasteiger partial charge in [0.25, 0.3) is 0 Å². The monoisotopic (exact) mass is 439 g/mol. The van der Waals surface area contributed by atoms with Crippen LogP contribution in [0.5, 0.6) is 0 Å². The van der Waals surface area contributed by atoms with Crippen LogP contribution in [0.2, 0.25) is 0 Å². The maximum Gasteiger partial charge on any atom is 0.159 e. The van der Waals surface area contributed by atoms with Crippen molar-refractivity contribution in [1.29, 1.82) is 0 Å². The van der Waals surface area contributed by atoms with Crippen LogP contribution in [0.3, 0.4) is 0 Å². The van der Waals surface area contributed by atoms with Crippen molar-refractivity contribution in [1.82, 2.24) is 30.1 Å². The van der Waals surface area contributed by atoms with Gasteiger partial charge in [-0.15, -0.1) is 0 Å². The van der Waals surface area contributed by atoms with Gasteiger partial charge in [0.05, 0.1) is 22.4 Å². The van der Waals surface area contributed by atoms with Crippen molar-refractivity contribution in [2.24, 2.45) is 0 Å². The van der Waals surface area contributed by atoms with E-state index in [4.69, 9.17) is 10.7 Å². The van der Waals surface area contributed by atoms with Crippen LogP contribution in [0.15, 0.2) is 67.1 Å². The lowest BCUT2D eigenvalue weighted by atomic mass is 10.0. The Bertz CT molecular complexity index is 1650. The topological polar surface area (TPSA) is 109 Å². The SMILES string of the molecule is Nc1cncc(-c2cc3c(-c4nc5c(-c6ccc(F)cc6)nccc5[nH]4)n[nH]c3cc2F)c1. The molecular formula is C24H15F2N7. The number of pyridine rings is 2. The third-order valence-electron chi connectivity index (χ3n) is 5.46. The summed E-state index contributed by atoms with van der Waals surface area (Å²) in [5.41, 5.74) is 11.0. The third kappa shape index (κ3) is 3.18. The fourth-order valence-corrected chi connectivity index (χ4v) is 3.91. The second-order valence-corrected chi connectivity index (χ2v) is 7.60. The zero-order valence-corrected chi connectivity index (χ0v) is 17.0. The van der Waals surface area contributed by atoms with E-state index in [0.29, 0.717) is 50.4 Å². The first kappa shape index (κ1) is 19.1. The second-order valence-electron chi connectivity index (χ2n) is 7.60. The summed E-state index contributed by atoms with van der Waals surface area (Å²) in [6, 6.07) is 12.6. The molecule has 6 rings (SSSR count). The summed E-state index contributed by atoms with van der Waals surface area (Å²) in [5.74, 6) is -0.247. The average Bonchev–Trinajstić information content (AvgIpc) is 3.42. The maximum absolute atomic E-state index is 14.8. The van der Waals surface area contributed by atoms with Gasteiger partial charge in [0.15, 0.2) is 5.82 Å². The van der Waals surface area contributed by atoms with Gasteiger partial charge in [0.1, 0.15) is 22.8 Å². The Morgan fingerprint density at radius 3 is 2.52 bits per heavy atom. The second kappa shape index (κ2) is 7.20. The molecule has 0 aliphatic rings. The average molecular weight is 439 g/mol. The number of imidazole rings is 1. The molecule has 6 aromatic rings. The summed E-state index contributed by atoms with van der Waals surface area (Å²) in [6.45, 7) is 0. The van der Waals surface area contributed by atoms with Crippen LogP contribution in [0.4, 0.5) is 14.5 Å².